The molecule has 0 unspecified atom stereocenters. The first-order valence-corrected chi connectivity index (χ1v) is 12.0. The Labute approximate surface area is 200 Å². The number of rotatable bonds is 8. The number of aromatic hydroxyl groups is 1. The molecular formula is C27H32N4O3. The first-order chi connectivity index (χ1) is 16.4. The van der Waals surface area contributed by atoms with Gasteiger partial charge < -0.3 is 15.7 Å². The SMILES string of the molecule is CCC(CC)C(=O)Nc1ccc(-c2cc(C3CC3)n(C(=O)NCc3ccccc3C)n2)c(O)c1. The highest BCUT2D eigenvalue weighted by Crippen LogP contribution is 2.42. The first-order valence-electron chi connectivity index (χ1n) is 12.0. The summed E-state index contributed by atoms with van der Waals surface area (Å²) < 4.78 is 1.42. The molecule has 0 spiro atoms. The van der Waals surface area contributed by atoms with E-state index in [9.17, 15) is 14.7 Å². The zero-order valence-corrected chi connectivity index (χ0v) is 20.0. The standard InChI is InChI=1S/C27H32N4O3/c1-4-18(5-2)26(33)29-21-12-13-22(25(32)14-21)23-15-24(19-10-11-19)31(30-23)27(34)28-16-20-9-7-6-8-17(20)3/h6-9,12-15,18-19,32H,4-5,10-11,16H2,1-3H3,(H,28,34)(H,29,33). The van der Waals surface area contributed by atoms with Gasteiger partial charge in [-0.2, -0.15) is 9.78 Å². The molecule has 1 aliphatic carbocycles. The van der Waals surface area contributed by atoms with Gasteiger partial charge in [0.15, 0.2) is 0 Å². The lowest BCUT2D eigenvalue weighted by Gasteiger charge is -2.13. The van der Waals surface area contributed by atoms with Crippen LogP contribution in [0.5, 0.6) is 5.75 Å². The van der Waals surface area contributed by atoms with E-state index in [1.807, 2.05) is 51.1 Å². The fourth-order valence-electron chi connectivity index (χ4n) is 4.14. The molecule has 1 aromatic heterocycles. The van der Waals surface area contributed by atoms with Gasteiger partial charge in [0, 0.05) is 35.7 Å². The molecule has 0 radical (unpaired) electrons. The van der Waals surface area contributed by atoms with Gasteiger partial charge in [-0.1, -0.05) is 38.1 Å². The number of nitrogens with zero attached hydrogens (tertiary/aromatic N) is 2. The van der Waals surface area contributed by atoms with Crippen LogP contribution in [0.4, 0.5) is 10.5 Å². The molecule has 7 heteroatoms. The summed E-state index contributed by atoms with van der Waals surface area (Å²) in [4.78, 5) is 25.4. The van der Waals surface area contributed by atoms with Crippen molar-refractivity contribution in [3.05, 3.63) is 65.4 Å². The van der Waals surface area contributed by atoms with Gasteiger partial charge in [0.2, 0.25) is 5.91 Å². The van der Waals surface area contributed by atoms with Gasteiger partial charge in [-0.05, 0) is 61.9 Å². The molecule has 0 bridgehead atoms. The average Bonchev–Trinajstić information content (AvgIpc) is 3.57. The number of aryl methyl sites for hydroxylation is 1. The van der Waals surface area contributed by atoms with E-state index in [2.05, 4.69) is 15.7 Å². The number of anilines is 1. The van der Waals surface area contributed by atoms with E-state index < -0.39 is 0 Å². The fourth-order valence-corrected chi connectivity index (χ4v) is 4.14. The largest absolute Gasteiger partial charge is 0.507 e. The summed E-state index contributed by atoms with van der Waals surface area (Å²) in [5.74, 6) is 0.195. The Balaban J connectivity index is 1.53. The minimum absolute atomic E-state index is 0.00895. The van der Waals surface area contributed by atoms with Crippen LogP contribution in [0.15, 0.2) is 48.5 Å². The summed E-state index contributed by atoms with van der Waals surface area (Å²) in [6.45, 7) is 6.40. The number of nitrogens with one attached hydrogen (secondary N) is 2. The maximum absolute atomic E-state index is 13.0. The fraction of sp³-hybridized carbons (Fsp3) is 0.370. The third-order valence-corrected chi connectivity index (χ3v) is 6.51. The van der Waals surface area contributed by atoms with Gasteiger partial charge in [-0.25, -0.2) is 4.79 Å². The molecular weight excluding hydrogens is 428 g/mol. The second-order valence-corrected chi connectivity index (χ2v) is 8.96. The highest BCUT2D eigenvalue weighted by Gasteiger charge is 2.30. The third kappa shape index (κ3) is 5.14. The van der Waals surface area contributed by atoms with Crippen LogP contribution in [0.25, 0.3) is 11.3 Å². The number of aromatic nitrogens is 2. The predicted octanol–water partition coefficient (Wildman–Crippen LogP) is 5.57. The van der Waals surface area contributed by atoms with Crippen LogP contribution in [-0.4, -0.2) is 26.8 Å². The van der Waals surface area contributed by atoms with Gasteiger partial charge in [-0.15, -0.1) is 0 Å². The summed E-state index contributed by atoms with van der Waals surface area (Å²) in [5, 5.41) is 21.1. The summed E-state index contributed by atoms with van der Waals surface area (Å²) in [6, 6.07) is 14.5. The smallest absolute Gasteiger partial charge is 0.342 e. The molecule has 1 saturated carbocycles. The zero-order chi connectivity index (χ0) is 24.2. The topological polar surface area (TPSA) is 96.3 Å². The van der Waals surface area contributed by atoms with Crippen LogP contribution in [0.2, 0.25) is 0 Å². The van der Waals surface area contributed by atoms with Crippen molar-refractivity contribution in [1.29, 1.82) is 0 Å². The van der Waals surface area contributed by atoms with Crippen LogP contribution in [0, 0.1) is 12.8 Å². The summed E-state index contributed by atoms with van der Waals surface area (Å²) in [7, 11) is 0. The number of phenols is 1. The van der Waals surface area contributed by atoms with E-state index in [1.165, 1.54) is 10.7 Å². The lowest BCUT2D eigenvalue weighted by molar-refractivity contribution is -0.120. The summed E-state index contributed by atoms with van der Waals surface area (Å²) >= 11 is 0. The molecule has 0 atom stereocenters. The van der Waals surface area contributed by atoms with Gasteiger partial charge in [0.25, 0.3) is 0 Å². The predicted molar refractivity (Wildman–Crippen MR) is 133 cm³/mol. The Morgan fingerprint density at radius 3 is 2.50 bits per heavy atom. The van der Waals surface area contributed by atoms with Crippen LogP contribution in [0.1, 0.15) is 62.3 Å². The Kier molecular flexibility index (Phi) is 7.01. The second kappa shape index (κ2) is 10.1. The summed E-state index contributed by atoms with van der Waals surface area (Å²) in [5.41, 5.74) is 4.61. The maximum atomic E-state index is 13.0. The average molecular weight is 461 g/mol. The number of carbonyl (C=O) groups is 2. The minimum Gasteiger partial charge on any atom is -0.507 e. The number of amides is 2. The monoisotopic (exact) mass is 460 g/mol. The Morgan fingerprint density at radius 1 is 1.12 bits per heavy atom. The van der Waals surface area contributed by atoms with Gasteiger partial charge >= 0.3 is 6.03 Å². The molecule has 3 aromatic rings. The Hall–Kier alpha value is -3.61. The number of hydrogen-bond acceptors (Lipinski definition) is 4. The summed E-state index contributed by atoms with van der Waals surface area (Å²) in [6.07, 6.45) is 3.56. The highest BCUT2D eigenvalue weighted by molar-refractivity contribution is 5.93. The van der Waals surface area contributed by atoms with E-state index in [4.69, 9.17) is 0 Å². The van der Waals surface area contributed by atoms with Crippen molar-refractivity contribution in [1.82, 2.24) is 15.1 Å². The zero-order valence-electron chi connectivity index (χ0n) is 20.0. The van der Waals surface area contributed by atoms with Crippen LogP contribution in [0.3, 0.4) is 0 Å². The van der Waals surface area contributed by atoms with Crippen molar-refractivity contribution in [2.75, 3.05) is 5.32 Å². The molecule has 1 fully saturated rings. The van der Waals surface area contributed by atoms with Crippen molar-refractivity contribution in [2.45, 2.75) is 58.9 Å². The van der Waals surface area contributed by atoms with E-state index in [1.54, 1.807) is 12.1 Å². The van der Waals surface area contributed by atoms with Gasteiger partial charge in [0.1, 0.15) is 5.75 Å². The van der Waals surface area contributed by atoms with Gasteiger partial charge in [-0.3, -0.25) is 4.79 Å². The quantitative estimate of drug-likeness (QED) is 0.409. The van der Waals surface area contributed by atoms with Crippen molar-refractivity contribution in [2.24, 2.45) is 5.92 Å². The van der Waals surface area contributed by atoms with E-state index in [0.29, 0.717) is 29.4 Å². The molecule has 1 heterocycles. The molecule has 3 N–H and O–H groups in total. The highest BCUT2D eigenvalue weighted by atomic mass is 16.3. The van der Waals surface area contributed by atoms with Crippen LogP contribution >= 0.6 is 0 Å². The number of benzene rings is 2. The Bertz CT molecular complexity index is 1190. The number of hydrogen-bond donors (Lipinski definition) is 3. The first kappa shape index (κ1) is 23.5. The van der Waals surface area contributed by atoms with Crippen molar-refractivity contribution < 1.29 is 14.7 Å². The number of carbonyl (C=O) groups excluding carboxylic acids is 2. The van der Waals surface area contributed by atoms with Crippen molar-refractivity contribution in [3.63, 3.8) is 0 Å². The molecule has 178 valence electrons. The second-order valence-electron chi connectivity index (χ2n) is 8.96. The maximum Gasteiger partial charge on any atom is 0.342 e. The minimum atomic E-state index is -0.287. The number of phenolic OH excluding ortho intramolecular Hbond substituents is 1. The molecule has 7 nitrogen and oxygen atoms in total. The van der Waals surface area contributed by atoms with Crippen LogP contribution in [-0.2, 0) is 11.3 Å². The van der Waals surface area contributed by atoms with Gasteiger partial charge in [0.05, 0.1) is 11.4 Å². The van der Waals surface area contributed by atoms with Crippen LogP contribution < -0.4 is 10.6 Å². The molecule has 0 aliphatic heterocycles. The van der Waals surface area contributed by atoms with Crippen molar-refractivity contribution in [3.8, 4) is 17.0 Å². The molecule has 4 rings (SSSR count). The molecule has 0 saturated heterocycles. The molecule has 34 heavy (non-hydrogen) atoms. The van der Waals surface area contributed by atoms with E-state index in [-0.39, 0.29) is 23.6 Å². The van der Waals surface area contributed by atoms with E-state index >= 15 is 0 Å². The molecule has 1 aliphatic rings. The lowest BCUT2D eigenvalue weighted by atomic mass is 10.0. The normalized spacial score (nSPS) is 13.2. The molecule has 2 aromatic carbocycles. The van der Waals surface area contributed by atoms with Crippen molar-refractivity contribution >= 4 is 17.6 Å². The molecule has 2 amide bonds. The van der Waals surface area contributed by atoms with E-state index in [0.717, 1.165) is 42.5 Å². The Morgan fingerprint density at radius 2 is 1.85 bits per heavy atom. The lowest BCUT2D eigenvalue weighted by Crippen LogP contribution is -2.30. The third-order valence-electron chi connectivity index (χ3n) is 6.51.